The van der Waals surface area contributed by atoms with E-state index < -0.39 is 24.6 Å². The number of nitrogens with one attached hydrogen (secondary N) is 1. The third-order valence-corrected chi connectivity index (χ3v) is 6.56. The number of cyclic esters (lactones) is 1. The number of alkyl carbamates (subject to hydrolysis) is 1. The molecule has 2 rings (SSSR count). The smallest absolute Gasteiger partial charge is 0.408 e. The van der Waals surface area contributed by atoms with Crippen molar-refractivity contribution in [1.82, 2.24) is 5.32 Å². The molecule has 2 aliphatic rings. The number of hydrogen-bond donors (Lipinski definition) is 1. The zero-order valence-corrected chi connectivity index (χ0v) is 23.5. The topological polar surface area (TPSA) is 93.7 Å². The second-order valence-corrected chi connectivity index (χ2v) is 9.73. The lowest BCUT2D eigenvalue weighted by atomic mass is 9.98. The van der Waals surface area contributed by atoms with E-state index >= 15 is 0 Å². The minimum Gasteiger partial charge on any atom is -0.440 e. The summed E-state index contributed by atoms with van der Waals surface area (Å²) in [5.74, 6) is 0. The fourth-order valence-electron chi connectivity index (χ4n) is 4.27. The quantitative estimate of drug-likeness (QED) is 0.168. The van der Waals surface area contributed by atoms with Gasteiger partial charge >= 0.3 is 6.09 Å². The number of carbonyl (C=O) groups is 1. The third kappa shape index (κ3) is 10.8. The molecule has 0 saturated carbocycles. The first-order valence-corrected chi connectivity index (χ1v) is 14.4. The van der Waals surface area contributed by atoms with Crippen LogP contribution in [0.15, 0.2) is 12.7 Å². The Morgan fingerprint density at radius 1 is 0.784 bits per heavy atom. The van der Waals surface area contributed by atoms with Gasteiger partial charge in [-0.25, -0.2) is 4.79 Å². The third-order valence-electron chi connectivity index (χ3n) is 6.56. The van der Waals surface area contributed by atoms with Gasteiger partial charge in [-0.05, 0) is 31.8 Å². The van der Waals surface area contributed by atoms with Gasteiger partial charge in [0, 0.05) is 26.4 Å². The van der Waals surface area contributed by atoms with E-state index in [1.165, 1.54) is 0 Å². The van der Waals surface area contributed by atoms with Crippen molar-refractivity contribution >= 4 is 6.09 Å². The van der Waals surface area contributed by atoms with Crippen LogP contribution < -0.4 is 5.32 Å². The van der Waals surface area contributed by atoms with Crippen LogP contribution in [0.5, 0.6) is 0 Å². The summed E-state index contributed by atoms with van der Waals surface area (Å²) in [6, 6.07) is -0.359. The molecular formula is C28H51NO8. The average Bonchev–Trinajstić information content (AvgIpc) is 3.27. The van der Waals surface area contributed by atoms with Crippen LogP contribution in [0.25, 0.3) is 0 Å². The van der Waals surface area contributed by atoms with Gasteiger partial charge in [0.05, 0.1) is 19.3 Å². The standard InChI is InChI=1S/C28H51NO8/c1-6-11-15-31-20-23-24(32-16-12-7-2)25(33-17-13-8-3)26(34-18-14-9-4)27(36-23)35-19-21-22(10-5)37-28(30)29-21/h10,21-27H,5-9,11-20H2,1-4H3,(H,29,30)/t21-,22-,23?,24-,25?,26?,27-/m0/s1. The van der Waals surface area contributed by atoms with Gasteiger partial charge in [0.2, 0.25) is 0 Å². The number of carbonyl (C=O) groups excluding carboxylic acids is 1. The summed E-state index contributed by atoms with van der Waals surface area (Å²) in [5, 5.41) is 2.78. The van der Waals surface area contributed by atoms with E-state index in [4.69, 9.17) is 33.2 Å². The van der Waals surface area contributed by atoms with E-state index in [0.29, 0.717) is 33.0 Å². The van der Waals surface area contributed by atoms with Crippen LogP contribution in [0.1, 0.15) is 79.1 Å². The first kappa shape index (κ1) is 32.0. The minimum atomic E-state index is -0.711. The molecule has 0 aromatic heterocycles. The highest BCUT2D eigenvalue weighted by Crippen LogP contribution is 2.30. The largest absolute Gasteiger partial charge is 0.440 e. The van der Waals surface area contributed by atoms with Gasteiger partial charge in [-0.2, -0.15) is 0 Å². The molecular weight excluding hydrogens is 478 g/mol. The van der Waals surface area contributed by atoms with Crippen molar-refractivity contribution in [1.29, 1.82) is 0 Å². The van der Waals surface area contributed by atoms with Gasteiger partial charge in [-0.3, -0.25) is 0 Å². The highest BCUT2D eigenvalue weighted by molar-refractivity contribution is 5.70. The average molecular weight is 530 g/mol. The fraction of sp³-hybridized carbons (Fsp3) is 0.893. The number of rotatable bonds is 21. The summed E-state index contributed by atoms with van der Waals surface area (Å²) in [6.45, 7) is 15.3. The van der Waals surface area contributed by atoms with Crippen LogP contribution in [-0.4, -0.2) is 88.6 Å². The van der Waals surface area contributed by atoms with Crippen LogP contribution in [0, 0.1) is 0 Å². The van der Waals surface area contributed by atoms with Gasteiger partial charge in [-0.1, -0.05) is 60.0 Å². The molecule has 0 aromatic carbocycles. The molecule has 7 atom stereocenters. The van der Waals surface area contributed by atoms with Crippen LogP contribution >= 0.6 is 0 Å². The van der Waals surface area contributed by atoms with Crippen molar-refractivity contribution in [3.05, 3.63) is 12.7 Å². The van der Waals surface area contributed by atoms with Gasteiger partial charge in [0.1, 0.15) is 30.5 Å². The summed E-state index contributed by atoms with van der Waals surface area (Å²) in [7, 11) is 0. The van der Waals surface area contributed by atoms with E-state index in [2.05, 4.69) is 39.6 Å². The van der Waals surface area contributed by atoms with Crippen molar-refractivity contribution in [2.75, 3.05) is 39.6 Å². The number of ether oxygens (including phenoxy) is 7. The molecule has 9 heteroatoms. The van der Waals surface area contributed by atoms with Crippen molar-refractivity contribution in [2.45, 2.75) is 122 Å². The minimum absolute atomic E-state index is 0.188. The lowest BCUT2D eigenvalue weighted by Crippen LogP contribution is -2.62. The monoisotopic (exact) mass is 529 g/mol. The second kappa shape index (κ2) is 18.9. The summed E-state index contributed by atoms with van der Waals surface area (Å²) in [5.41, 5.74) is 0. The lowest BCUT2D eigenvalue weighted by molar-refractivity contribution is -0.324. The normalized spacial score (nSPS) is 29.7. The molecule has 2 aliphatic heterocycles. The molecule has 37 heavy (non-hydrogen) atoms. The number of amides is 1. The molecule has 216 valence electrons. The molecule has 9 nitrogen and oxygen atoms in total. The van der Waals surface area contributed by atoms with Crippen LogP contribution in [0.4, 0.5) is 4.79 Å². The zero-order valence-electron chi connectivity index (χ0n) is 23.5. The highest BCUT2D eigenvalue weighted by Gasteiger charge is 2.49. The molecule has 0 radical (unpaired) electrons. The van der Waals surface area contributed by atoms with Crippen molar-refractivity contribution in [3.63, 3.8) is 0 Å². The van der Waals surface area contributed by atoms with E-state index in [9.17, 15) is 4.79 Å². The molecule has 0 spiro atoms. The van der Waals surface area contributed by atoms with Gasteiger partial charge in [-0.15, -0.1) is 0 Å². The predicted molar refractivity (Wildman–Crippen MR) is 142 cm³/mol. The molecule has 0 aliphatic carbocycles. The predicted octanol–water partition coefficient (Wildman–Crippen LogP) is 4.76. The molecule has 2 saturated heterocycles. The van der Waals surface area contributed by atoms with Crippen molar-refractivity contribution < 1.29 is 38.0 Å². The highest BCUT2D eigenvalue weighted by atomic mass is 16.7. The first-order chi connectivity index (χ1) is 18.1. The van der Waals surface area contributed by atoms with Crippen LogP contribution in [0.3, 0.4) is 0 Å². The maximum Gasteiger partial charge on any atom is 0.408 e. The molecule has 2 fully saturated rings. The Balaban J connectivity index is 2.24. The van der Waals surface area contributed by atoms with E-state index in [0.717, 1.165) is 51.4 Å². The second-order valence-electron chi connectivity index (χ2n) is 9.73. The number of unbranched alkanes of at least 4 members (excludes halogenated alkanes) is 4. The van der Waals surface area contributed by atoms with Crippen molar-refractivity contribution in [2.24, 2.45) is 0 Å². The Bertz CT molecular complexity index is 621. The van der Waals surface area contributed by atoms with E-state index in [1.807, 2.05) is 0 Å². The Labute approximate surface area is 223 Å². The molecule has 0 bridgehead atoms. The Hall–Kier alpha value is -1.23. The molecule has 3 unspecified atom stereocenters. The molecule has 1 N–H and O–H groups in total. The SMILES string of the molecule is C=C[C@@H]1OC(=O)N[C@H]1CO[C@H]1OC(COCCCC)[C@H](OCCCC)C(OCCCC)C1OCCCC. The zero-order chi connectivity index (χ0) is 26.9. The first-order valence-electron chi connectivity index (χ1n) is 14.4. The maximum absolute atomic E-state index is 11.8. The van der Waals surface area contributed by atoms with Crippen LogP contribution in [0.2, 0.25) is 0 Å². The Kier molecular flexibility index (Phi) is 16.4. The van der Waals surface area contributed by atoms with Gasteiger partial charge in [0.15, 0.2) is 6.29 Å². The summed E-state index contributed by atoms with van der Waals surface area (Å²) < 4.78 is 43.2. The maximum atomic E-state index is 11.8. The molecule has 2 heterocycles. The molecule has 0 aromatic rings. The summed E-state index contributed by atoms with van der Waals surface area (Å²) in [6.07, 6.45) is 6.30. The van der Waals surface area contributed by atoms with E-state index in [1.54, 1.807) is 6.08 Å². The Morgan fingerprint density at radius 2 is 1.35 bits per heavy atom. The summed E-state index contributed by atoms with van der Waals surface area (Å²) in [4.78, 5) is 11.8. The Morgan fingerprint density at radius 3 is 1.95 bits per heavy atom. The summed E-state index contributed by atoms with van der Waals surface area (Å²) >= 11 is 0. The van der Waals surface area contributed by atoms with Gasteiger partial charge < -0.3 is 38.5 Å². The van der Waals surface area contributed by atoms with E-state index in [-0.39, 0.29) is 31.0 Å². The van der Waals surface area contributed by atoms with Crippen molar-refractivity contribution in [3.8, 4) is 0 Å². The fourth-order valence-corrected chi connectivity index (χ4v) is 4.27. The number of hydrogen-bond acceptors (Lipinski definition) is 8. The lowest BCUT2D eigenvalue weighted by Gasteiger charge is -2.46. The van der Waals surface area contributed by atoms with Crippen LogP contribution in [-0.2, 0) is 33.2 Å². The molecule has 1 amide bonds. The van der Waals surface area contributed by atoms with Gasteiger partial charge in [0.25, 0.3) is 0 Å².